The molecule has 32 heavy (non-hydrogen) atoms. The molecule has 0 saturated carbocycles. The minimum atomic E-state index is -0.468. The lowest BCUT2D eigenvalue weighted by atomic mass is 9.70. The van der Waals surface area contributed by atoms with Gasteiger partial charge in [0.05, 0.1) is 34.3 Å². The van der Waals surface area contributed by atoms with Gasteiger partial charge in [0, 0.05) is 5.41 Å². The van der Waals surface area contributed by atoms with E-state index in [-0.39, 0.29) is 5.41 Å². The molecule has 0 radical (unpaired) electrons. The van der Waals surface area contributed by atoms with Crippen LogP contribution in [0, 0.1) is 5.41 Å². The molecule has 6 heteroatoms. The summed E-state index contributed by atoms with van der Waals surface area (Å²) in [6, 6.07) is 19.2. The Balaban J connectivity index is 1.84. The molecule has 0 aliphatic heterocycles. The summed E-state index contributed by atoms with van der Waals surface area (Å²) in [5.41, 5.74) is 6.94. The third kappa shape index (κ3) is 1.90. The van der Waals surface area contributed by atoms with Crippen molar-refractivity contribution in [1.29, 1.82) is 0 Å². The van der Waals surface area contributed by atoms with Crippen molar-refractivity contribution in [3.63, 3.8) is 0 Å². The topological polar surface area (TPSA) is 27.7 Å². The summed E-state index contributed by atoms with van der Waals surface area (Å²) in [6.45, 7) is 2.36. The summed E-state index contributed by atoms with van der Waals surface area (Å²) in [5, 5.41) is 0. The Labute approximate surface area is 212 Å². The third-order valence-electron chi connectivity index (χ3n) is 7.97. The smallest absolute Gasteiger partial charge is 0.119 e. The van der Waals surface area contributed by atoms with Gasteiger partial charge in [-0.1, -0.05) is 72.9 Å². The van der Waals surface area contributed by atoms with Crippen LogP contribution in [0.1, 0.15) is 40.3 Å². The molecule has 6 rings (SSSR count). The molecule has 3 aromatic carbocycles. The van der Waals surface area contributed by atoms with Gasteiger partial charge in [0.25, 0.3) is 0 Å². The highest BCUT2D eigenvalue weighted by Crippen LogP contribution is 2.87. The highest BCUT2D eigenvalue weighted by molar-refractivity contribution is 9.11. The van der Waals surface area contributed by atoms with Crippen LogP contribution in [0.25, 0.3) is 0 Å². The first-order chi connectivity index (χ1) is 15.2. The van der Waals surface area contributed by atoms with Crippen molar-refractivity contribution in [2.24, 2.45) is 5.41 Å². The summed E-state index contributed by atoms with van der Waals surface area (Å²) in [4.78, 5) is 0. The second-order valence-corrected chi connectivity index (χ2v) is 12.4. The Hall–Kier alpha value is -1.50. The van der Waals surface area contributed by atoms with Gasteiger partial charge in [-0.05, 0) is 69.8 Å². The lowest BCUT2D eigenvalue weighted by Gasteiger charge is -2.45. The van der Waals surface area contributed by atoms with Crippen LogP contribution in [-0.4, -0.2) is 21.3 Å². The number of alkyl halides is 3. The van der Waals surface area contributed by atoms with Crippen LogP contribution in [0.3, 0.4) is 0 Å². The molecule has 0 saturated heterocycles. The number of benzene rings is 3. The number of rotatable bonds is 3. The zero-order valence-corrected chi connectivity index (χ0v) is 22.8. The first kappa shape index (κ1) is 21.1. The second-order valence-electron chi connectivity index (χ2n) is 8.83. The van der Waals surface area contributed by atoms with E-state index in [1.165, 1.54) is 33.4 Å². The van der Waals surface area contributed by atoms with Crippen LogP contribution in [0.5, 0.6) is 17.2 Å². The summed E-state index contributed by atoms with van der Waals surface area (Å²) < 4.78 is 15.5. The molecule has 3 unspecified atom stereocenters. The van der Waals surface area contributed by atoms with Gasteiger partial charge < -0.3 is 14.2 Å². The summed E-state index contributed by atoms with van der Waals surface area (Å²) in [7, 11) is 5.14. The normalized spacial score (nSPS) is 32.7. The fourth-order valence-electron chi connectivity index (χ4n) is 6.47. The number of hydrogen-bond acceptors (Lipinski definition) is 3. The Morgan fingerprint density at radius 3 is 1.03 bits per heavy atom. The molecule has 0 amide bonds. The van der Waals surface area contributed by atoms with Gasteiger partial charge in [0.15, 0.2) is 0 Å². The lowest BCUT2D eigenvalue weighted by Crippen LogP contribution is -2.47. The second kappa shape index (κ2) is 6.34. The van der Waals surface area contributed by atoms with Gasteiger partial charge in [-0.15, -0.1) is 0 Å². The SMILES string of the molecule is COc1ccc2c(c1)C1(Br)c3ccc(OC)cc3C3(Br)c4ccc(OC)cc4C2(Br)C13C. The largest absolute Gasteiger partial charge is 0.497 e. The van der Waals surface area contributed by atoms with Crippen molar-refractivity contribution in [3.8, 4) is 17.2 Å². The molecule has 3 aliphatic rings. The molecule has 164 valence electrons. The van der Waals surface area contributed by atoms with E-state index in [0.29, 0.717) is 0 Å². The molecular weight excluding hydrogens is 600 g/mol. The van der Waals surface area contributed by atoms with E-state index in [1.54, 1.807) is 21.3 Å². The van der Waals surface area contributed by atoms with Crippen molar-refractivity contribution in [2.45, 2.75) is 19.9 Å². The minimum Gasteiger partial charge on any atom is -0.497 e. The zero-order chi connectivity index (χ0) is 22.7. The predicted octanol–water partition coefficient (Wildman–Crippen LogP) is 6.97. The van der Waals surface area contributed by atoms with Crippen molar-refractivity contribution >= 4 is 47.8 Å². The molecule has 3 atom stereocenters. The third-order valence-corrected chi connectivity index (χ3v) is 12.9. The van der Waals surface area contributed by atoms with Crippen molar-refractivity contribution in [2.75, 3.05) is 21.3 Å². The monoisotopic (exact) mass is 618 g/mol. The van der Waals surface area contributed by atoms with Crippen LogP contribution >= 0.6 is 47.8 Å². The molecule has 0 bridgehead atoms. The molecule has 3 aliphatic carbocycles. The van der Waals surface area contributed by atoms with Crippen LogP contribution in [0.15, 0.2) is 54.6 Å². The molecular formula is C26H21Br3O3. The van der Waals surface area contributed by atoms with Crippen LogP contribution in [-0.2, 0) is 13.0 Å². The quantitative estimate of drug-likeness (QED) is 0.296. The van der Waals surface area contributed by atoms with Gasteiger partial charge in [0.1, 0.15) is 17.2 Å². The van der Waals surface area contributed by atoms with Gasteiger partial charge in [-0.3, -0.25) is 0 Å². The summed E-state index contributed by atoms with van der Waals surface area (Å²) >= 11 is 13.0. The lowest BCUT2D eigenvalue weighted by molar-refractivity contribution is 0.237. The van der Waals surface area contributed by atoms with Crippen LogP contribution in [0.2, 0.25) is 0 Å². The summed E-state index contributed by atoms with van der Waals surface area (Å²) in [5.74, 6) is 2.53. The number of ether oxygens (including phenoxy) is 3. The number of hydrogen-bond donors (Lipinski definition) is 0. The van der Waals surface area contributed by atoms with E-state index in [1.807, 2.05) is 18.2 Å². The van der Waals surface area contributed by atoms with Crippen LogP contribution < -0.4 is 14.2 Å². The van der Waals surface area contributed by atoms with Gasteiger partial charge in [0.2, 0.25) is 0 Å². The number of methoxy groups -OCH3 is 3. The maximum atomic E-state index is 5.65. The zero-order valence-electron chi connectivity index (χ0n) is 18.1. The van der Waals surface area contributed by atoms with Crippen molar-refractivity contribution in [1.82, 2.24) is 0 Å². The molecule has 3 aromatic rings. The molecule has 0 spiro atoms. The molecule has 0 heterocycles. The molecule has 0 aromatic heterocycles. The molecule has 0 N–H and O–H groups in total. The standard InChI is InChI=1S/C26H21Br3O3/c1-23-24(27)18-9-6-15(31-3)12-21(18)26(23,29)19-10-7-16(32-4)13-22(19)25(23,28)17-8-5-14(30-2)11-20(17)24/h5-13H,1-4H3. The Bertz CT molecular complexity index is 1160. The van der Waals surface area contributed by atoms with E-state index < -0.39 is 13.0 Å². The number of fused-ring (bicyclic) bond motifs is 9. The maximum Gasteiger partial charge on any atom is 0.119 e. The Morgan fingerprint density at radius 2 is 0.781 bits per heavy atom. The average molecular weight is 621 g/mol. The van der Waals surface area contributed by atoms with Crippen molar-refractivity contribution in [3.05, 3.63) is 88.0 Å². The highest BCUT2D eigenvalue weighted by atomic mass is 79.9. The Morgan fingerprint density at radius 1 is 0.500 bits per heavy atom. The predicted molar refractivity (Wildman–Crippen MR) is 136 cm³/mol. The van der Waals surface area contributed by atoms with E-state index in [9.17, 15) is 0 Å². The van der Waals surface area contributed by atoms with Gasteiger partial charge in [-0.25, -0.2) is 0 Å². The summed E-state index contributed by atoms with van der Waals surface area (Å²) in [6.07, 6.45) is 0. The fraction of sp³-hybridized carbons (Fsp3) is 0.308. The van der Waals surface area contributed by atoms with E-state index in [2.05, 4.69) is 91.1 Å². The Kier molecular flexibility index (Phi) is 4.17. The average Bonchev–Trinajstić information content (AvgIpc) is 3.18. The fourth-order valence-corrected chi connectivity index (χ4v) is 11.1. The van der Waals surface area contributed by atoms with E-state index in [4.69, 9.17) is 14.2 Å². The molecule has 0 fully saturated rings. The van der Waals surface area contributed by atoms with Gasteiger partial charge >= 0.3 is 0 Å². The van der Waals surface area contributed by atoms with Crippen molar-refractivity contribution < 1.29 is 14.2 Å². The first-order valence-electron chi connectivity index (χ1n) is 10.4. The molecule has 3 nitrogen and oxygen atoms in total. The first-order valence-corrected chi connectivity index (χ1v) is 12.7. The minimum absolute atomic E-state index is 0.370. The van der Waals surface area contributed by atoms with E-state index >= 15 is 0 Å². The highest BCUT2D eigenvalue weighted by Gasteiger charge is 2.83. The van der Waals surface area contributed by atoms with Gasteiger partial charge in [-0.2, -0.15) is 0 Å². The maximum absolute atomic E-state index is 5.65. The van der Waals surface area contributed by atoms with Crippen LogP contribution in [0.4, 0.5) is 0 Å². The van der Waals surface area contributed by atoms with E-state index in [0.717, 1.165) is 17.2 Å². The number of halogens is 3.